The van der Waals surface area contributed by atoms with Crippen molar-refractivity contribution in [3.05, 3.63) is 47.5 Å². The Kier molecular flexibility index (Phi) is 5.71. The van der Waals surface area contributed by atoms with Crippen LogP contribution in [0.5, 0.6) is 11.5 Å². The van der Waals surface area contributed by atoms with Gasteiger partial charge in [0.25, 0.3) is 5.22 Å². The third-order valence-corrected chi connectivity index (χ3v) is 5.53. The van der Waals surface area contributed by atoms with Crippen molar-refractivity contribution in [1.82, 2.24) is 10.2 Å². The Morgan fingerprint density at radius 3 is 2.59 bits per heavy atom. The molecule has 29 heavy (non-hydrogen) atoms. The maximum Gasteiger partial charge on any atom is 0.277 e. The maximum absolute atomic E-state index is 12.3. The topological polar surface area (TPSA) is 86.5 Å². The van der Waals surface area contributed by atoms with Crippen LogP contribution in [0.4, 0.5) is 5.69 Å². The molecule has 0 saturated carbocycles. The first-order chi connectivity index (χ1) is 14.1. The first kappa shape index (κ1) is 19.3. The molecule has 1 heterocycles. The van der Waals surface area contributed by atoms with E-state index in [1.165, 1.54) is 29.3 Å². The number of methoxy groups -OCH3 is 2. The lowest BCUT2D eigenvalue weighted by Crippen LogP contribution is -2.14. The van der Waals surface area contributed by atoms with E-state index in [2.05, 4.69) is 27.6 Å². The second-order valence-corrected chi connectivity index (χ2v) is 7.57. The van der Waals surface area contributed by atoms with Crippen molar-refractivity contribution in [1.29, 1.82) is 0 Å². The summed E-state index contributed by atoms with van der Waals surface area (Å²) in [6.07, 6.45) is 3.38. The standard InChI is InChI=1S/C21H21N3O4S/c1-26-17-9-15(10-18(11-17)27-2)20-23-24-21(28-20)29-12-19(25)22-16-7-6-13-4-3-5-14(13)8-16/h6-11H,3-5,12H2,1-2H3,(H,22,25). The first-order valence-electron chi connectivity index (χ1n) is 9.26. The number of aryl methyl sites for hydroxylation is 2. The van der Waals surface area contributed by atoms with E-state index in [4.69, 9.17) is 13.9 Å². The van der Waals surface area contributed by atoms with E-state index in [0.717, 1.165) is 18.5 Å². The summed E-state index contributed by atoms with van der Waals surface area (Å²) in [5.74, 6) is 1.65. The number of benzene rings is 2. The third-order valence-electron chi connectivity index (χ3n) is 4.71. The molecule has 0 spiro atoms. The molecular formula is C21H21N3O4S. The van der Waals surface area contributed by atoms with E-state index in [9.17, 15) is 4.79 Å². The Bertz CT molecular complexity index is 1010. The summed E-state index contributed by atoms with van der Waals surface area (Å²) in [7, 11) is 3.15. The molecule has 0 unspecified atom stereocenters. The fourth-order valence-corrected chi connectivity index (χ4v) is 3.85. The normalized spacial score (nSPS) is 12.5. The van der Waals surface area contributed by atoms with Crippen LogP contribution in [0.1, 0.15) is 17.5 Å². The van der Waals surface area contributed by atoms with Crippen LogP contribution in [-0.4, -0.2) is 36.1 Å². The van der Waals surface area contributed by atoms with E-state index in [0.29, 0.717) is 28.2 Å². The number of rotatable bonds is 7. The van der Waals surface area contributed by atoms with Crippen LogP contribution in [0.15, 0.2) is 46.0 Å². The lowest BCUT2D eigenvalue weighted by atomic mass is 10.1. The Morgan fingerprint density at radius 2 is 1.83 bits per heavy atom. The molecule has 0 radical (unpaired) electrons. The van der Waals surface area contributed by atoms with Crippen molar-refractivity contribution < 1.29 is 18.7 Å². The number of carbonyl (C=O) groups excluding carboxylic acids is 1. The number of fused-ring (bicyclic) bond motifs is 1. The van der Waals surface area contributed by atoms with Gasteiger partial charge in [-0.25, -0.2) is 0 Å². The Hall–Kier alpha value is -3.00. The van der Waals surface area contributed by atoms with Crippen LogP contribution in [0, 0.1) is 0 Å². The molecule has 0 atom stereocenters. The zero-order chi connectivity index (χ0) is 20.2. The summed E-state index contributed by atoms with van der Waals surface area (Å²) in [5.41, 5.74) is 4.21. The zero-order valence-corrected chi connectivity index (χ0v) is 17.0. The highest BCUT2D eigenvalue weighted by Gasteiger charge is 2.15. The van der Waals surface area contributed by atoms with Crippen LogP contribution < -0.4 is 14.8 Å². The zero-order valence-electron chi connectivity index (χ0n) is 16.2. The number of anilines is 1. The predicted molar refractivity (Wildman–Crippen MR) is 111 cm³/mol. The average Bonchev–Trinajstić information content (AvgIpc) is 3.41. The lowest BCUT2D eigenvalue weighted by molar-refractivity contribution is -0.113. The van der Waals surface area contributed by atoms with Gasteiger partial charge in [0, 0.05) is 17.3 Å². The van der Waals surface area contributed by atoms with Gasteiger partial charge in [0.05, 0.1) is 20.0 Å². The molecule has 3 aromatic rings. The van der Waals surface area contributed by atoms with Gasteiger partial charge in [0.1, 0.15) is 11.5 Å². The molecule has 0 bridgehead atoms. The summed E-state index contributed by atoms with van der Waals surface area (Å²) in [6, 6.07) is 11.4. The van der Waals surface area contributed by atoms with Gasteiger partial charge in [0.2, 0.25) is 11.8 Å². The predicted octanol–water partition coefficient (Wildman–Crippen LogP) is 3.97. The molecule has 4 rings (SSSR count). The van der Waals surface area contributed by atoms with Crippen LogP contribution in [-0.2, 0) is 17.6 Å². The molecule has 0 aliphatic heterocycles. The quantitative estimate of drug-likeness (QED) is 0.589. The van der Waals surface area contributed by atoms with Gasteiger partial charge in [-0.2, -0.15) is 0 Å². The van der Waals surface area contributed by atoms with Crippen molar-refractivity contribution in [2.24, 2.45) is 0 Å². The number of ether oxygens (including phenoxy) is 2. The van der Waals surface area contributed by atoms with Gasteiger partial charge in [-0.3, -0.25) is 4.79 Å². The Morgan fingerprint density at radius 1 is 1.07 bits per heavy atom. The van der Waals surface area contributed by atoms with E-state index >= 15 is 0 Å². The Balaban J connectivity index is 1.37. The largest absolute Gasteiger partial charge is 0.497 e. The number of thioether (sulfide) groups is 1. The van der Waals surface area contributed by atoms with E-state index in [1.54, 1.807) is 32.4 Å². The number of amides is 1. The van der Waals surface area contributed by atoms with Gasteiger partial charge in [-0.1, -0.05) is 17.8 Å². The fourth-order valence-electron chi connectivity index (χ4n) is 3.29. The van der Waals surface area contributed by atoms with E-state index < -0.39 is 0 Å². The van der Waals surface area contributed by atoms with Crippen molar-refractivity contribution in [2.75, 3.05) is 25.3 Å². The molecule has 1 aliphatic carbocycles. The number of hydrogen-bond acceptors (Lipinski definition) is 7. The van der Waals surface area contributed by atoms with Crippen molar-refractivity contribution >= 4 is 23.4 Å². The smallest absolute Gasteiger partial charge is 0.277 e. The number of nitrogens with one attached hydrogen (secondary N) is 1. The van der Waals surface area contributed by atoms with Crippen molar-refractivity contribution in [3.63, 3.8) is 0 Å². The molecule has 0 fully saturated rings. The molecule has 8 heteroatoms. The number of aromatic nitrogens is 2. The maximum atomic E-state index is 12.3. The average molecular weight is 411 g/mol. The monoisotopic (exact) mass is 411 g/mol. The van der Waals surface area contributed by atoms with Gasteiger partial charge in [-0.05, 0) is 54.7 Å². The molecule has 2 aromatic carbocycles. The van der Waals surface area contributed by atoms with Crippen molar-refractivity contribution in [2.45, 2.75) is 24.5 Å². The van der Waals surface area contributed by atoms with Crippen LogP contribution >= 0.6 is 11.8 Å². The van der Waals surface area contributed by atoms with Crippen LogP contribution in [0.25, 0.3) is 11.5 Å². The molecular weight excluding hydrogens is 390 g/mol. The molecule has 7 nitrogen and oxygen atoms in total. The summed E-state index contributed by atoms with van der Waals surface area (Å²) in [4.78, 5) is 12.3. The second kappa shape index (κ2) is 8.57. The summed E-state index contributed by atoms with van der Waals surface area (Å²) in [6.45, 7) is 0. The van der Waals surface area contributed by atoms with Crippen molar-refractivity contribution in [3.8, 4) is 23.0 Å². The molecule has 1 N–H and O–H groups in total. The molecule has 1 amide bonds. The minimum atomic E-state index is -0.115. The van der Waals surface area contributed by atoms with Crippen LogP contribution in [0.2, 0.25) is 0 Å². The SMILES string of the molecule is COc1cc(OC)cc(-c2nnc(SCC(=O)Nc3ccc4c(c3)CCC4)o2)c1. The number of hydrogen-bond donors (Lipinski definition) is 1. The summed E-state index contributed by atoms with van der Waals surface area (Å²) in [5, 5.41) is 11.3. The first-order valence-corrected chi connectivity index (χ1v) is 10.2. The number of carbonyl (C=O) groups is 1. The highest BCUT2D eigenvalue weighted by Crippen LogP contribution is 2.30. The minimum Gasteiger partial charge on any atom is -0.497 e. The highest BCUT2D eigenvalue weighted by atomic mass is 32.2. The third kappa shape index (κ3) is 4.54. The van der Waals surface area contributed by atoms with Gasteiger partial charge >= 0.3 is 0 Å². The summed E-state index contributed by atoms with van der Waals surface area (Å²) < 4.78 is 16.2. The lowest BCUT2D eigenvalue weighted by Gasteiger charge is -2.06. The molecule has 150 valence electrons. The molecule has 1 aliphatic rings. The Labute approximate surface area is 172 Å². The van der Waals surface area contributed by atoms with Gasteiger partial charge < -0.3 is 19.2 Å². The fraction of sp³-hybridized carbons (Fsp3) is 0.286. The highest BCUT2D eigenvalue weighted by molar-refractivity contribution is 7.99. The van der Waals surface area contributed by atoms with Gasteiger partial charge in [-0.15, -0.1) is 10.2 Å². The minimum absolute atomic E-state index is 0.115. The molecule has 0 saturated heterocycles. The summed E-state index contributed by atoms with van der Waals surface area (Å²) >= 11 is 1.19. The second-order valence-electron chi connectivity index (χ2n) is 6.65. The van der Waals surface area contributed by atoms with E-state index in [-0.39, 0.29) is 11.7 Å². The van der Waals surface area contributed by atoms with Gasteiger partial charge in [0.15, 0.2) is 0 Å². The van der Waals surface area contributed by atoms with E-state index in [1.807, 2.05) is 6.07 Å². The number of nitrogens with zero attached hydrogens (tertiary/aromatic N) is 2. The molecule has 1 aromatic heterocycles. The van der Waals surface area contributed by atoms with Crippen LogP contribution in [0.3, 0.4) is 0 Å².